The van der Waals surface area contributed by atoms with Crippen LogP contribution in [0.3, 0.4) is 0 Å². The van der Waals surface area contributed by atoms with E-state index in [0.29, 0.717) is 0 Å². The van der Waals surface area contributed by atoms with Crippen LogP contribution in [0.15, 0.2) is 46.2 Å². The second kappa shape index (κ2) is 6.08. The molecule has 2 rings (SSSR count). The molecular weight excluding hydrogens is 355 g/mol. The molecule has 0 spiro atoms. The van der Waals surface area contributed by atoms with Gasteiger partial charge in [0.05, 0.1) is 6.61 Å². The first kappa shape index (κ1) is 13.9. The summed E-state index contributed by atoms with van der Waals surface area (Å²) in [5.74, 6) is 0. The van der Waals surface area contributed by atoms with Gasteiger partial charge in [0.2, 0.25) is 0 Å². The normalized spacial score (nSPS) is 10.7. The predicted octanol–water partition coefficient (Wildman–Crippen LogP) is 4.55. The van der Waals surface area contributed by atoms with Gasteiger partial charge in [0, 0.05) is 13.4 Å². The van der Waals surface area contributed by atoms with E-state index in [1.807, 2.05) is 13.0 Å². The molecule has 0 fully saturated rings. The number of aliphatic hydroxyl groups excluding tert-OH is 1. The molecule has 0 radical (unpaired) electrons. The van der Waals surface area contributed by atoms with Crippen LogP contribution in [0.25, 0.3) is 0 Å². The van der Waals surface area contributed by atoms with Gasteiger partial charge in [-0.15, -0.1) is 0 Å². The highest BCUT2D eigenvalue weighted by atomic mass is 127. The Labute approximate surface area is 126 Å². The van der Waals surface area contributed by atoms with E-state index in [9.17, 15) is 5.11 Å². The highest BCUT2D eigenvalue weighted by Crippen LogP contribution is 2.33. The van der Waals surface area contributed by atoms with Crippen LogP contribution in [0, 0.1) is 17.4 Å². The zero-order chi connectivity index (χ0) is 13.1. The van der Waals surface area contributed by atoms with Gasteiger partial charge in [-0.05, 0) is 71.8 Å². The maximum absolute atomic E-state index is 9.42. The van der Waals surface area contributed by atoms with E-state index in [2.05, 4.69) is 59.8 Å². The Morgan fingerprint density at radius 2 is 1.78 bits per heavy atom. The molecule has 2 aromatic rings. The predicted molar refractivity (Wildman–Crippen MR) is 85.1 cm³/mol. The van der Waals surface area contributed by atoms with E-state index in [1.54, 1.807) is 11.8 Å². The Morgan fingerprint density at radius 1 is 1.06 bits per heavy atom. The van der Waals surface area contributed by atoms with Crippen molar-refractivity contribution < 1.29 is 5.11 Å². The SMILES string of the molecule is Cc1ccc(Sc2ccc(I)cc2C)c(CO)c1. The monoisotopic (exact) mass is 370 g/mol. The van der Waals surface area contributed by atoms with Gasteiger partial charge in [0.15, 0.2) is 0 Å². The average Bonchev–Trinajstić information content (AvgIpc) is 2.34. The van der Waals surface area contributed by atoms with E-state index in [4.69, 9.17) is 0 Å². The first-order chi connectivity index (χ1) is 8.60. The zero-order valence-corrected chi connectivity index (χ0v) is 13.4. The molecule has 0 aliphatic heterocycles. The maximum Gasteiger partial charge on any atom is 0.0692 e. The molecule has 18 heavy (non-hydrogen) atoms. The summed E-state index contributed by atoms with van der Waals surface area (Å²) in [6.07, 6.45) is 0. The standard InChI is InChI=1S/C15H15IOS/c1-10-3-5-15(12(7-10)9-17)18-14-6-4-13(16)8-11(14)2/h3-8,17H,9H2,1-2H3. The number of hydrogen-bond donors (Lipinski definition) is 1. The van der Waals surface area contributed by atoms with E-state index in [1.165, 1.54) is 19.6 Å². The van der Waals surface area contributed by atoms with Crippen LogP contribution in [-0.2, 0) is 6.61 Å². The van der Waals surface area contributed by atoms with Crippen molar-refractivity contribution in [3.63, 3.8) is 0 Å². The molecule has 0 amide bonds. The number of benzene rings is 2. The summed E-state index contributed by atoms with van der Waals surface area (Å²) in [7, 11) is 0. The summed E-state index contributed by atoms with van der Waals surface area (Å²) in [5, 5.41) is 9.42. The number of rotatable bonds is 3. The quantitative estimate of drug-likeness (QED) is 0.800. The van der Waals surface area contributed by atoms with Crippen LogP contribution in [0.5, 0.6) is 0 Å². The smallest absolute Gasteiger partial charge is 0.0692 e. The van der Waals surface area contributed by atoms with Crippen LogP contribution in [0.1, 0.15) is 16.7 Å². The molecule has 1 nitrogen and oxygen atoms in total. The van der Waals surface area contributed by atoms with Crippen molar-refractivity contribution in [2.45, 2.75) is 30.2 Å². The fraction of sp³-hybridized carbons (Fsp3) is 0.200. The van der Waals surface area contributed by atoms with Gasteiger partial charge >= 0.3 is 0 Å². The molecule has 0 atom stereocenters. The van der Waals surface area contributed by atoms with Gasteiger partial charge in [-0.25, -0.2) is 0 Å². The molecule has 2 aromatic carbocycles. The lowest BCUT2D eigenvalue weighted by molar-refractivity contribution is 0.279. The lowest BCUT2D eigenvalue weighted by Gasteiger charge is -2.10. The lowest BCUT2D eigenvalue weighted by atomic mass is 10.1. The van der Waals surface area contributed by atoms with Gasteiger partial charge in [0.25, 0.3) is 0 Å². The molecule has 0 bridgehead atoms. The van der Waals surface area contributed by atoms with Crippen LogP contribution in [0.4, 0.5) is 0 Å². The van der Waals surface area contributed by atoms with E-state index in [-0.39, 0.29) is 6.61 Å². The Morgan fingerprint density at radius 3 is 2.44 bits per heavy atom. The Bertz CT molecular complexity index is 566. The highest BCUT2D eigenvalue weighted by molar-refractivity contribution is 14.1. The van der Waals surface area contributed by atoms with Gasteiger partial charge in [0.1, 0.15) is 0 Å². The minimum atomic E-state index is 0.0907. The molecule has 0 aliphatic carbocycles. The van der Waals surface area contributed by atoms with Crippen molar-refractivity contribution >= 4 is 34.4 Å². The van der Waals surface area contributed by atoms with Crippen molar-refractivity contribution in [3.8, 4) is 0 Å². The molecule has 0 saturated carbocycles. The maximum atomic E-state index is 9.42. The first-order valence-corrected chi connectivity index (χ1v) is 7.64. The Kier molecular flexibility index (Phi) is 4.70. The lowest BCUT2D eigenvalue weighted by Crippen LogP contribution is -1.90. The molecule has 0 aromatic heterocycles. The van der Waals surface area contributed by atoms with E-state index >= 15 is 0 Å². The van der Waals surface area contributed by atoms with Crippen LogP contribution in [-0.4, -0.2) is 5.11 Å². The molecule has 3 heteroatoms. The molecule has 0 unspecified atom stereocenters. The van der Waals surface area contributed by atoms with Crippen molar-refractivity contribution in [1.29, 1.82) is 0 Å². The molecular formula is C15H15IOS. The number of hydrogen-bond acceptors (Lipinski definition) is 2. The number of aliphatic hydroxyl groups is 1. The topological polar surface area (TPSA) is 20.2 Å². The second-order valence-corrected chi connectivity index (χ2v) is 6.61. The minimum absolute atomic E-state index is 0.0907. The molecule has 0 heterocycles. The van der Waals surface area contributed by atoms with Crippen molar-refractivity contribution in [3.05, 3.63) is 56.7 Å². The molecule has 1 N–H and O–H groups in total. The van der Waals surface area contributed by atoms with Crippen LogP contribution in [0.2, 0.25) is 0 Å². The third-order valence-electron chi connectivity index (χ3n) is 2.74. The van der Waals surface area contributed by atoms with Gasteiger partial charge < -0.3 is 5.11 Å². The molecule has 94 valence electrons. The Balaban J connectivity index is 2.33. The summed E-state index contributed by atoms with van der Waals surface area (Å²) < 4.78 is 1.25. The summed E-state index contributed by atoms with van der Waals surface area (Å²) in [6.45, 7) is 4.26. The van der Waals surface area contributed by atoms with Gasteiger partial charge in [-0.1, -0.05) is 29.5 Å². The summed E-state index contributed by atoms with van der Waals surface area (Å²) in [6, 6.07) is 12.7. The largest absolute Gasteiger partial charge is 0.392 e. The fourth-order valence-corrected chi connectivity index (χ4v) is 3.41. The second-order valence-electron chi connectivity index (χ2n) is 4.28. The average molecular weight is 370 g/mol. The van der Waals surface area contributed by atoms with Crippen molar-refractivity contribution in [2.24, 2.45) is 0 Å². The Hall–Kier alpha value is -0.520. The summed E-state index contributed by atoms with van der Waals surface area (Å²) in [5.41, 5.74) is 3.46. The minimum Gasteiger partial charge on any atom is -0.392 e. The third kappa shape index (κ3) is 3.28. The van der Waals surface area contributed by atoms with E-state index in [0.717, 1.165) is 10.5 Å². The van der Waals surface area contributed by atoms with E-state index < -0.39 is 0 Å². The number of halogens is 1. The van der Waals surface area contributed by atoms with Crippen molar-refractivity contribution in [1.82, 2.24) is 0 Å². The summed E-state index contributed by atoms with van der Waals surface area (Å²) >= 11 is 4.04. The van der Waals surface area contributed by atoms with Crippen LogP contribution >= 0.6 is 34.4 Å². The number of aryl methyl sites for hydroxylation is 2. The molecule has 0 aliphatic rings. The van der Waals surface area contributed by atoms with Crippen LogP contribution < -0.4 is 0 Å². The first-order valence-electron chi connectivity index (χ1n) is 5.74. The highest BCUT2D eigenvalue weighted by Gasteiger charge is 2.06. The van der Waals surface area contributed by atoms with Crippen molar-refractivity contribution in [2.75, 3.05) is 0 Å². The molecule has 0 saturated heterocycles. The van der Waals surface area contributed by atoms with Gasteiger partial charge in [-0.2, -0.15) is 0 Å². The summed E-state index contributed by atoms with van der Waals surface area (Å²) in [4.78, 5) is 2.38. The van der Waals surface area contributed by atoms with Gasteiger partial charge in [-0.3, -0.25) is 0 Å². The fourth-order valence-electron chi connectivity index (χ4n) is 1.78. The zero-order valence-electron chi connectivity index (χ0n) is 10.4. The third-order valence-corrected chi connectivity index (χ3v) is 4.71.